The van der Waals surface area contributed by atoms with Gasteiger partial charge in [0, 0.05) is 6.54 Å². The number of piperidine rings is 1. The lowest BCUT2D eigenvalue weighted by atomic mass is 9.75. The quantitative estimate of drug-likeness (QED) is 0.797. The molecule has 0 aromatic carbocycles. The summed E-state index contributed by atoms with van der Waals surface area (Å²) in [5, 5.41) is 9.22. The second-order valence-electron chi connectivity index (χ2n) is 5.78. The summed E-state index contributed by atoms with van der Waals surface area (Å²) in [4.78, 5) is 24.6. The molecule has 2 rings (SSSR count). The third-order valence-corrected chi connectivity index (χ3v) is 4.68. The van der Waals surface area contributed by atoms with Crippen molar-refractivity contribution >= 4 is 11.9 Å². The number of carboxylic acid groups (broad SMARTS) is 1. The molecule has 1 amide bonds. The molecule has 4 heteroatoms. The SMILES string of the molecule is C=CC(=O)N1C[C@@H](C2CCCCC2)CC[C@H]1C(=O)O. The molecule has 1 saturated heterocycles. The molecule has 2 aliphatic rings. The second kappa shape index (κ2) is 6.22. The van der Waals surface area contributed by atoms with Gasteiger partial charge in [0.1, 0.15) is 6.04 Å². The Hall–Kier alpha value is -1.32. The van der Waals surface area contributed by atoms with E-state index in [0.29, 0.717) is 24.8 Å². The molecule has 0 unspecified atom stereocenters. The molecule has 0 radical (unpaired) electrons. The Morgan fingerprint density at radius 2 is 1.74 bits per heavy atom. The van der Waals surface area contributed by atoms with Crippen molar-refractivity contribution in [2.45, 2.75) is 51.0 Å². The molecule has 0 spiro atoms. The number of amides is 1. The minimum atomic E-state index is -0.891. The highest BCUT2D eigenvalue weighted by Gasteiger charge is 2.37. The maximum Gasteiger partial charge on any atom is 0.326 e. The van der Waals surface area contributed by atoms with Gasteiger partial charge in [-0.25, -0.2) is 4.79 Å². The van der Waals surface area contributed by atoms with E-state index >= 15 is 0 Å². The number of carbonyl (C=O) groups is 2. The van der Waals surface area contributed by atoms with Gasteiger partial charge in [-0.15, -0.1) is 0 Å². The maximum atomic E-state index is 11.9. The lowest BCUT2D eigenvalue weighted by molar-refractivity contribution is -0.151. The van der Waals surface area contributed by atoms with Crippen LogP contribution >= 0.6 is 0 Å². The van der Waals surface area contributed by atoms with Crippen LogP contribution in [0.1, 0.15) is 44.9 Å². The number of likely N-dealkylation sites (tertiary alicyclic amines) is 1. The largest absolute Gasteiger partial charge is 0.480 e. The molecule has 0 bridgehead atoms. The first kappa shape index (κ1) is 14.1. The Labute approximate surface area is 114 Å². The fraction of sp³-hybridized carbons (Fsp3) is 0.733. The number of rotatable bonds is 3. The zero-order chi connectivity index (χ0) is 13.8. The van der Waals surface area contributed by atoms with E-state index in [1.807, 2.05) is 0 Å². The highest BCUT2D eigenvalue weighted by molar-refractivity contribution is 5.90. The van der Waals surface area contributed by atoms with Gasteiger partial charge in [0.15, 0.2) is 0 Å². The van der Waals surface area contributed by atoms with Crippen molar-refractivity contribution in [3.05, 3.63) is 12.7 Å². The number of hydrogen-bond acceptors (Lipinski definition) is 2. The van der Waals surface area contributed by atoms with Crippen LogP contribution in [0.25, 0.3) is 0 Å². The second-order valence-corrected chi connectivity index (χ2v) is 5.78. The average Bonchev–Trinajstić information content (AvgIpc) is 2.46. The van der Waals surface area contributed by atoms with Crippen LogP contribution in [-0.4, -0.2) is 34.5 Å². The van der Waals surface area contributed by atoms with E-state index in [4.69, 9.17) is 0 Å². The standard InChI is InChI=1S/C15H23NO3/c1-2-14(17)16-10-12(8-9-13(16)15(18)19)11-6-4-3-5-7-11/h2,11-13H,1,3-10H2,(H,18,19)/t12-,13-/m0/s1. The van der Waals surface area contributed by atoms with Gasteiger partial charge in [-0.3, -0.25) is 4.79 Å². The van der Waals surface area contributed by atoms with Gasteiger partial charge in [-0.05, 0) is 30.8 Å². The van der Waals surface area contributed by atoms with E-state index in [-0.39, 0.29) is 5.91 Å². The van der Waals surface area contributed by atoms with Crippen molar-refractivity contribution in [1.82, 2.24) is 4.90 Å². The summed E-state index contributed by atoms with van der Waals surface area (Å²) in [5.74, 6) is 0.00798. The summed E-state index contributed by atoms with van der Waals surface area (Å²) in [6, 6.07) is -0.662. The van der Waals surface area contributed by atoms with Crippen molar-refractivity contribution in [2.75, 3.05) is 6.54 Å². The van der Waals surface area contributed by atoms with Crippen LogP contribution in [0.4, 0.5) is 0 Å². The first-order valence-electron chi connectivity index (χ1n) is 7.29. The summed E-state index contributed by atoms with van der Waals surface area (Å²) in [6.45, 7) is 4.07. The third kappa shape index (κ3) is 3.17. The monoisotopic (exact) mass is 265 g/mol. The molecular weight excluding hydrogens is 242 g/mol. The van der Waals surface area contributed by atoms with E-state index < -0.39 is 12.0 Å². The minimum Gasteiger partial charge on any atom is -0.480 e. The highest BCUT2D eigenvalue weighted by Crippen LogP contribution is 2.36. The Balaban J connectivity index is 2.05. The van der Waals surface area contributed by atoms with Gasteiger partial charge in [-0.1, -0.05) is 38.7 Å². The summed E-state index contributed by atoms with van der Waals surface area (Å²) in [5.41, 5.74) is 0. The molecular formula is C15H23NO3. The smallest absolute Gasteiger partial charge is 0.326 e. The van der Waals surface area contributed by atoms with Crippen LogP contribution in [0.3, 0.4) is 0 Å². The minimum absolute atomic E-state index is 0.243. The normalized spacial score (nSPS) is 28.9. The zero-order valence-corrected chi connectivity index (χ0v) is 11.4. The maximum absolute atomic E-state index is 11.9. The van der Waals surface area contributed by atoms with E-state index in [1.54, 1.807) is 0 Å². The molecule has 1 saturated carbocycles. The van der Waals surface area contributed by atoms with Crippen LogP contribution in [0.15, 0.2) is 12.7 Å². The van der Waals surface area contributed by atoms with Crippen LogP contribution in [0.5, 0.6) is 0 Å². The van der Waals surface area contributed by atoms with Gasteiger partial charge in [0.05, 0.1) is 0 Å². The molecule has 19 heavy (non-hydrogen) atoms. The van der Waals surface area contributed by atoms with E-state index in [0.717, 1.165) is 6.42 Å². The van der Waals surface area contributed by atoms with Crippen molar-refractivity contribution in [3.63, 3.8) is 0 Å². The molecule has 2 atom stereocenters. The Morgan fingerprint density at radius 1 is 1.05 bits per heavy atom. The highest BCUT2D eigenvalue weighted by atomic mass is 16.4. The fourth-order valence-corrected chi connectivity index (χ4v) is 3.61. The summed E-state index contributed by atoms with van der Waals surface area (Å²) in [7, 11) is 0. The van der Waals surface area contributed by atoms with E-state index in [2.05, 4.69) is 6.58 Å². The van der Waals surface area contributed by atoms with Crippen molar-refractivity contribution in [1.29, 1.82) is 0 Å². The summed E-state index contributed by atoms with van der Waals surface area (Å²) >= 11 is 0. The van der Waals surface area contributed by atoms with Gasteiger partial charge in [-0.2, -0.15) is 0 Å². The summed E-state index contributed by atoms with van der Waals surface area (Å²) in [6.07, 6.45) is 9.09. The van der Waals surface area contributed by atoms with Gasteiger partial charge in [0.2, 0.25) is 5.91 Å². The topological polar surface area (TPSA) is 57.6 Å². The fourth-order valence-electron chi connectivity index (χ4n) is 3.61. The molecule has 106 valence electrons. The molecule has 1 aliphatic carbocycles. The zero-order valence-electron chi connectivity index (χ0n) is 11.4. The molecule has 0 aromatic rings. The van der Waals surface area contributed by atoms with Crippen molar-refractivity contribution in [3.8, 4) is 0 Å². The average molecular weight is 265 g/mol. The molecule has 1 N–H and O–H groups in total. The number of aliphatic carboxylic acids is 1. The predicted octanol–water partition coefficient (Wildman–Crippen LogP) is 2.44. The predicted molar refractivity (Wildman–Crippen MR) is 72.6 cm³/mol. The summed E-state index contributed by atoms with van der Waals surface area (Å²) < 4.78 is 0. The Kier molecular flexibility index (Phi) is 4.61. The first-order chi connectivity index (χ1) is 9.13. The number of nitrogens with zero attached hydrogens (tertiary/aromatic N) is 1. The van der Waals surface area contributed by atoms with Gasteiger partial charge >= 0.3 is 5.97 Å². The Bertz CT molecular complexity index is 360. The van der Waals surface area contributed by atoms with Crippen molar-refractivity contribution < 1.29 is 14.7 Å². The van der Waals surface area contributed by atoms with Gasteiger partial charge < -0.3 is 10.0 Å². The lowest BCUT2D eigenvalue weighted by Gasteiger charge is -2.41. The lowest BCUT2D eigenvalue weighted by Crippen LogP contribution is -2.51. The number of carboxylic acids is 1. The Morgan fingerprint density at radius 3 is 2.32 bits per heavy atom. The van der Waals surface area contributed by atoms with E-state index in [1.165, 1.54) is 43.1 Å². The molecule has 4 nitrogen and oxygen atoms in total. The molecule has 2 fully saturated rings. The van der Waals surface area contributed by atoms with Crippen LogP contribution in [0.2, 0.25) is 0 Å². The third-order valence-electron chi connectivity index (χ3n) is 4.68. The molecule has 1 aliphatic heterocycles. The van der Waals surface area contributed by atoms with Gasteiger partial charge in [0.25, 0.3) is 0 Å². The molecule has 1 heterocycles. The van der Waals surface area contributed by atoms with Crippen LogP contribution in [-0.2, 0) is 9.59 Å². The first-order valence-corrected chi connectivity index (χ1v) is 7.29. The molecule has 0 aromatic heterocycles. The van der Waals surface area contributed by atoms with Crippen LogP contribution < -0.4 is 0 Å². The number of hydrogen-bond donors (Lipinski definition) is 1. The van der Waals surface area contributed by atoms with E-state index in [9.17, 15) is 14.7 Å². The van der Waals surface area contributed by atoms with Crippen molar-refractivity contribution in [2.24, 2.45) is 11.8 Å². The number of carbonyl (C=O) groups excluding carboxylic acids is 1. The van der Waals surface area contributed by atoms with Crippen LogP contribution in [0, 0.1) is 11.8 Å².